The first-order valence-electron chi connectivity index (χ1n) is 8.72. The van der Waals surface area contributed by atoms with Gasteiger partial charge in [-0.2, -0.15) is 0 Å². The number of esters is 1. The van der Waals surface area contributed by atoms with Gasteiger partial charge in [0.15, 0.2) is 0 Å². The molecule has 1 aliphatic rings. The molecule has 0 aliphatic carbocycles. The lowest BCUT2D eigenvalue weighted by Crippen LogP contribution is -2.51. The maximum absolute atomic E-state index is 13.2. The van der Waals surface area contributed by atoms with Gasteiger partial charge in [0, 0.05) is 19.2 Å². The van der Waals surface area contributed by atoms with Crippen molar-refractivity contribution in [2.45, 2.75) is 40.0 Å². The zero-order valence-corrected chi connectivity index (χ0v) is 15.2. The molecule has 25 heavy (non-hydrogen) atoms. The van der Waals surface area contributed by atoms with Crippen molar-refractivity contribution in [2.24, 2.45) is 5.41 Å². The number of nitrogens with zero attached hydrogens (tertiary/aromatic N) is 1. The molecule has 0 aromatic heterocycles. The number of rotatable bonds is 5. The van der Waals surface area contributed by atoms with Crippen molar-refractivity contribution in [2.75, 3.05) is 19.7 Å². The van der Waals surface area contributed by atoms with Gasteiger partial charge in [-0.25, -0.2) is 4.39 Å². The molecule has 0 saturated carbocycles. The normalized spacial score (nSPS) is 20.1. The average molecular weight is 347 g/mol. The van der Waals surface area contributed by atoms with Crippen molar-refractivity contribution >= 4 is 11.9 Å². The van der Waals surface area contributed by atoms with Gasteiger partial charge in [0.1, 0.15) is 5.82 Å². The van der Waals surface area contributed by atoms with E-state index in [2.05, 4.69) is 0 Å². The van der Waals surface area contributed by atoms with Gasteiger partial charge < -0.3 is 9.64 Å². The number of benzene rings is 1. The minimum absolute atomic E-state index is 0.0764. The Morgan fingerprint density at radius 3 is 2.56 bits per heavy atom. The summed E-state index contributed by atoms with van der Waals surface area (Å²) in [6.07, 6.45) is 3.42. The summed E-state index contributed by atoms with van der Waals surface area (Å²) in [5.74, 6) is -0.667. The number of likely N-dealkylation sites (tertiary alicyclic amines) is 1. The molecule has 1 aliphatic heterocycles. The number of halogens is 1. The van der Waals surface area contributed by atoms with Crippen LogP contribution in [-0.4, -0.2) is 36.5 Å². The van der Waals surface area contributed by atoms with E-state index in [4.69, 9.17) is 4.74 Å². The first kappa shape index (κ1) is 19.2. The van der Waals surface area contributed by atoms with Gasteiger partial charge in [-0.15, -0.1) is 0 Å². The van der Waals surface area contributed by atoms with Crippen LogP contribution in [0.2, 0.25) is 0 Å². The molecule has 4 nitrogen and oxygen atoms in total. The van der Waals surface area contributed by atoms with E-state index >= 15 is 0 Å². The summed E-state index contributed by atoms with van der Waals surface area (Å²) >= 11 is 0. The highest BCUT2D eigenvalue weighted by atomic mass is 19.1. The van der Waals surface area contributed by atoms with Crippen LogP contribution in [0.15, 0.2) is 35.9 Å². The molecular formula is C20H26FNO3. The minimum Gasteiger partial charge on any atom is -0.466 e. The third kappa shape index (κ3) is 4.91. The van der Waals surface area contributed by atoms with Crippen molar-refractivity contribution in [3.63, 3.8) is 0 Å². The summed E-state index contributed by atoms with van der Waals surface area (Å²) < 4.78 is 18.5. The van der Waals surface area contributed by atoms with Crippen LogP contribution in [-0.2, 0) is 20.7 Å². The quantitative estimate of drug-likeness (QED) is 0.605. The molecule has 0 unspecified atom stereocenters. The number of carbonyl (C=O) groups excluding carboxylic acids is 2. The first-order valence-corrected chi connectivity index (χ1v) is 8.72. The molecule has 0 spiro atoms. The van der Waals surface area contributed by atoms with Crippen LogP contribution in [0.25, 0.3) is 0 Å². The van der Waals surface area contributed by atoms with Gasteiger partial charge >= 0.3 is 5.97 Å². The zero-order chi connectivity index (χ0) is 18.4. The molecule has 0 radical (unpaired) electrons. The Kier molecular flexibility index (Phi) is 6.34. The van der Waals surface area contributed by atoms with Crippen LogP contribution < -0.4 is 0 Å². The Morgan fingerprint density at radius 1 is 1.28 bits per heavy atom. The molecule has 2 rings (SSSR count). The second kappa shape index (κ2) is 8.28. The Bertz CT molecular complexity index is 649. The fraction of sp³-hybridized carbons (Fsp3) is 0.500. The molecule has 0 N–H and O–H groups in total. The van der Waals surface area contributed by atoms with Crippen LogP contribution in [0.1, 0.15) is 39.2 Å². The standard InChI is InChI=1S/C20H26FNO3/c1-4-25-19(24)20(13-16-6-8-17(21)9-7-16)10-5-11-22(14-20)18(23)12-15(2)3/h6-9,12H,4-5,10-11,13-14H2,1-3H3/t20-/m0/s1. The fourth-order valence-corrected chi connectivity index (χ4v) is 3.32. The highest BCUT2D eigenvalue weighted by molar-refractivity contribution is 5.89. The second-order valence-corrected chi connectivity index (χ2v) is 6.89. The smallest absolute Gasteiger partial charge is 0.314 e. The van der Waals surface area contributed by atoms with Crippen LogP contribution in [0.3, 0.4) is 0 Å². The van der Waals surface area contributed by atoms with Crippen LogP contribution in [0, 0.1) is 11.2 Å². The van der Waals surface area contributed by atoms with Crippen LogP contribution in [0.5, 0.6) is 0 Å². The van der Waals surface area contributed by atoms with Crippen LogP contribution >= 0.6 is 0 Å². The van der Waals surface area contributed by atoms with E-state index in [0.29, 0.717) is 32.5 Å². The van der Waals surface area contributed by atoms with Gasteiger partial charge in [0.2, 0.25) is 5.91 Å². The van der Waals surface area contributed by atoms with Gasteiger partial charge in [0.25, 0.3) is 0 Å². The summed E-state index contributed by atoms with van der Waals surface area (Å²) in [5.41, 5.74) is 1.01. The highest BCUT2D eigenvalue weighted by Crippen LogP contribution is 2.35. The molecular weight excluding hydrogens is 321 g/mol. The lowest BCUT2D eigenvalue weighted by atomic mass is 9.75. The number of hydrogen-bond acceptors (Lipinski definition) is 3. The van der Waals surface area contributed by atoms with Gasteiger partial charge in [-0.3, -0.25) is 9.59 Å². The second-order valence-electron chi connectivity index (χ2n) is 6.89. The molecule has 1 heterocycles. The SMILES string of the molecule is CCOC(=O)[C@]1(Cc2ccc(F)cc2)CCCN(C(=O)C=C(C)C)C1. The minimum atomic E-state index is -0.781. The van der Waals surface area contributed by atoms with E-state index in [9.17, 15) is 14.0 Å². The molecule has 1 aromatic rings. The maximum Gasteiger partial charge on any atom is 0.314 e. The fourth-order valence-electron chi connectivity index (χ4n) is 3.32. The van der Waals surface area contributed by atoms with E-state index in [0.717, 1.165) is 17.6 Å². The largest absolute Gasteiger partial charge is 0.466 e. The van der Waals surface area contributed by atoms with Crippen molar-refractivity contribution in [1.82, 2.24) is 4.90 Å². The van der Waals surface area contributed by atoms with E-state index in [1.165, 1.54) is 12.1 Å². The molecule has 1 aromatic carbocycles. The molecule has 0 bridgehead atoms. The van der Waals surface area contributed by atoms with E-state index in [1.54, 1.807) is 30.0 Å². The maximum atomic E-state index is 13.2. The van der Waals surface area contributed by atoms with E-state index in [-0.39, 0.29) is 17.7 Å². The number of amides is 1. The molecule has 1 saturated heterocycles. The van der Waals surface area contributed by atoms with Crippen molar-refractivity contribution in [1.29, 1.82) is 0 Å². The van der Waals surface area contributed by atoms with Gasteiger partial charge in [0.05, 0.1) is 12.0 Å². The average Bonchev–Trinajstić information content (AvgIpc) is 2.57. The topological polar surface area (TPSA) is 46.6 Å². The molecule has 5 heteroatoms. The molecule has 1 fully saturated rings. The summed E-state index contributed by atoms with van der Waals surface area (Å²) in [5, 5.41) is 0. The number of hydrogen-bond donors (Lipinski definition) is 0. The summed E-state index contributed by atoms with van der Waals surface area (Å²) in [6.45, 7) is 6.78. The molecule has 136 valence electrons. The zero-order valence-electron chi connectivity index (χ0n) is 15.2. The van der Waals surface area contributed by atoms with Crippen molar-refractivity contribution in [3.8, 4) is 0 Å². The summed E-state index contributed by atoms with van der Waals surface area (Å²) in [7, 11) is 0. The first-order chi connectivity index (χ1) is 11.9. The Labute approximate surface area is 148 Å². The Hall–Kier alpha value is -2.17. The number of piperidine rings is 1. The molecule has 1 atom stereocenters. The predicted molar refractivity (Wildman–Crippen MR) is 94.4 cm³/mol. The number of carbonyl (C=O) groups is 2. The number of ether oxygens (including phenoxy) is 1. The predicted octanol–water partition coefficient (Wildman–Crippen LogP) is 3.51. The summed E-state index contributed by atoms with van der Waals surface area (Å²) in [6, 6.07) is 6.16. The lowest BCUT2D eigenvalue weighted by Gasteiger charge is -2.40. The Morgan fingerprint density at radius 2 is 1.96 bits per heavy atom. The number of allylic oxidation sites excluding steroid dienone is 1. The third-order valence-corrected chi connectivity index (χ3v) is 4.46. The van der Waals surface area contributed by atoms with E-state index in [1.807, 2.05) is 13.8 Å². The van der Waals surface area contributed by atoms with Gasteiger partial charge in [-0.05, 0) is 57.7 Å². The van der Waals surface area contributed by atoms with Crippen molar-refractivity contribution < 1.29 is 18.7 Å². The lowest BCUT2D eigenvalue weighted by molar-refractivity contribution is -0.160. The van der Waals surface area contributed by atoms with Crippen LogP contribution in [0.4, 0.5) is 4.39 Å². The summed E-state index contributed by atoms with van der Waals surface area (Å²) in [4.78, 5) is 26.9. The van der Waals surface area contributed by atoms with E-state index < -0.39 is 5.41 Å². The van der Waals surface area contributed by atoms with Crippen molar-refractivity contribution in [3.05, 3.63) is 47.3 Å². The Balaban J connectivity index is 2.28. The van der Waals surface area contributed by atoms with Gasteiger partial charge in [-0.1, -0.05) is 17.7 Å². The monoisotopic (exact) mass is 347 g/mol. The molecule has 1 amide bonds. The highest BCUT2D eigenvalue weighted by Gasteiger charge is 2.44. The third-order valence-electron chi connectivity index (χ3n) is 4.46.